The number of rotatable bonds is 0. The molecule has 0 aliphatic heterocycles. The second-order valence-corrected chi connectivity index (χ2v) is 5.71. The average Bonchev–Trinajstić information content (AvgIpc) is 2.93. The van der Waals surface area contributed by atoms with Crippen molar-refractivity contribution in [1.82, 2.24) is 0 Å². The third kappa shape index (κ3) is 1.49. The molecule has 5 aromatic rings. The van der Waals surface area contributed by atoms with Crippen molar-refractivity contribution in [2.24, 2.45) is 0 Å². The number of furan rings is 1. The quantitative estimate of drug-likeness (QED) is 0.302. The van der Waals surface area contributed by atoms with Gasteiger partial charge < -0.3 is 10.2 Å². The second kappa shape index (κ2) is 4.01. The number of benzene rings is 4. The molecule has 2 nitrogen and oxygen atoms in total. The van der Waals surface area contributed by atoms with Gasteiger partial charge in [-0.3, -0.25) is 0 Å². The van der Waals surface area contributed by atoms with E-state index in [1.54, 1.807) is 0 Å². The van der Waals surface area contributed by atoms with Crippen molar-refractivity contribution in [2.75, 3.05) is 5.73 Å². The molecule has 0 saturated heterocycles. The Bertz CT molecular complexity index is 1180. The maximum absolute atomic E-state index is 5.80. The van der Waals surface area contributed by atoms with Gasteiger partial charge >= 0.3 is 0 Å². The van der Waals surface area contributed by atoms with Crippen molar-refractivity contribution in [3.05, 3.63) is 66.7 Å². The van der Waals surface area contributed by atoms with Crippen molar-refractivity contribution < 1.29 is 4.42 Å². The number of nitrogens with two attached hydrogens (primary N) is 1. The summed E-state index contributed by atoms with van der Waals surface area (Å²) in [6.45, 7) is 0. The van der Waals surface area contributed by atoms with E-state index in [9.17, 15) is 0 Å². The molecule has 0 saturated carbocycles. The summed E-state index contributed by atoms with van der Waals surface area (Å²) in [5.41, 5.74) is 6.64. The van der Waals surface area contributed by atoms with Crippen molar-refractivity contribution in [1.29, 1.82) is 0 Å². The van der Waals surface area contributed by atoms with Crippen LogP contribution in [0.4, 0.5) is 5.88 Å². The molecule has 0 amide bonds. The van der Waals surface area contributed by atoms with E-state index < -0.39 is 0 Å². The van der Waals surface area contributed by atoms with Gasteiger partial charge in [-0.1, -0.05) is 42.5 Å². The standard InChI is InChI=1S/C20H13NO/c21-20-11-18-16-6-5-14-9-12-3-1-2-4-13(12)10-17(14)15(16)7-8-19(18)22-20/h1-11H,21H2. The molecule has 0 unspecified atom stereocenters. The molecule has 0 aliphatic rings. The largest absolute Gasteiger partial charge is 0.441 e. The van der Waals surface area contributed by atoms with Crippen molar-refractivity contribution in [2.45, 2.75) is 0 Å². The van der Waals surface area contributed by atoms with Gasteiger partial charge in [0, 0.05) is 11.5 Å². The van der Waals surface area contributed by atoms with Crippen LogP contribution >= 0.6 is 0 Å². The van der Waals surface area contributed by atoms with E-state index in [1.807, 2.05) is 12.1 Å². The summed E-state index contributed by atoms with van der Waals surface area (Å²) in [5, 5.41) is 8.53. The van der Waals surface area contributed by atoms with Gasteiger partial charge in [0.1, 0.15) is 5.58 Å². The van der Waals surface area contributed by atoms with Gasteiger partial charge in [0.05, 0.1) is 0 Å². The number of fused-ring (bicyclic) bond motifs is 6. The van der Waals surface area contributed by atoms with Gasteiger partial charge in [-0.25, -0.2) is 0 Å². The Labute approximate surface area is 126 Å². The predicted octanol–water partition coefficient (Wildman–Crippen LogP) is 5.47. The van der Waals surface area contributed by atoms with Crippen molar-refractivity contribution >= 4 is 49.2 Å². The minimum Gasteiger partial charge on any atom is -0.441 e. The van der Waals surface area contributed by atoms with E-state index in [2.05, 4.69) is 54.6 Å². The lowest BCUT2D eigenvalue weighted by Crippen LogP contribution is -1.80. The first kappa shape index (κ1) is 11.6. The normalized spacial score (nSPS) is 11.8. The molecule has 22 heavy (non-hydrogen) atoms. The maximum Gasteiger partial charge on any atom is 0.191 e. The van der Waals surface area contributed by atoms with Crippen LogP contribution in [0.3, 0.4) is 0 Å². The molecule has 0 atom stereocenters. The molecule has 0 bridgehead atoms. The summed E-state index contributed by atoms with van der Waals surface area (Å²) in [6.07, 6.45) is 0. The van der Waals surface area contributed by atoms with E-state index in [4.69, 9.17) is 10.2 Å². The highest BCUT2D eigenvalue weighted by atomic mass is 16.3. The highest BCUT2D eigenvalue weighted by molar-refractivity contribution is 6.18. The summed E-state index contributed by atoms with van der Waals surface area (Å²) < 4.78 is 5.54. The van der Waals surface area contributed by atoms with E-state index in [0.717, 1.165) is 11.0 Å². The Kier molecular flexibility index (Phi) is 2.12. The summed E-state index contributed by atoms with van der Waals surface area (Å²) in [7, 11) is 0. The van der Waals surface area contributed by atoms with Crippen molar-refractivity contribution in [3.63, 3.8) is 0 Å². The van der Waals surface area contributed by atoms with E-state index in [0.29, 0.717) is 5.88 Å². The summed E-state index contributed by atoms with van der Waals surface area (Å²) in [5.74, 6) is 0.459. The number of hydrogen-bond donors (Lipinski definition) is 1. The molecule has 1 aromatic heterocycles. The molecule has 0 radical (unpaired) electrons. The third-order valence-electron chi connectivity index (χ3n) is 4.40. The molecule has 5 rings (SSSR count). The lowest BCUT2D eigenvalue weighted by Gasteiger charge is -2.07. The van der Waals surface area contributed by atoms with Crippen LogP contribution in [0.2, 0.25) is 0 Å². The SMILES string of the molecule is Nc1cc2c(ccc3c4cc5ccccc5cc4ccc23)o1. The molecule has 0 fully saturated rings. The Morgan fingerprint density at radius 2 is 1.32 bits per heavy atom. The minimum atomic E-state index is 0.459. The van der Waals surface area contributed by atoms with Gasteiger partial charge in [-0.05, 0) is 50.5 Å². The van der Waals surface area contributed by atoms with Gasteiger partial charge in [0.2, 0.25) is 0 Å². The summed E-state index contributed by atoms with van der Waals surface area (Å²) >= 11 is 0. The fourth-order valence-corrected chi connectivity index (χ4v) is 3.37. The average molecular weight is 283 g/mol. The number of nitrogen functional groups attached to an aromatic ring is 1. The Morgan fingerprint density at radius 1 is 0.591 bits per heavy atom. The predicted molar refractivity (Wildman–Crippen MR) is 93.1 cm³/mol. The van der Waals surface area contributed by atoms with Crippen LogP contribution in [0.5, 0.6) is 0 Å². The number of anilines is 1. The highest BCUT2D eigenvalue weighted by Gasteiger charge is 2.08. The molecule has 1 heterocycles. The van der Waals surface area contributed by atoms with Crippen LogP contribution in [0.25, 0.3) is 43.3 Å². The molecular formula is C20H13NO. The lowest BCUT2D eigenvalue weighted by molar-refractivity contribution is 0.637. The smallest absolute Gasteiger partial charge is 0.191 e. The lowest BCUT2D eigenvalue weighted by atomic mass is 9.97. The van der Waals surface area contributed by atoms with Crippen LogP contribution in [0.1, 0.15) is 0 Å². The zero-order valence-corrected chi connectivity index (χ0v) is 11.8. The van der Waals surface area contributed by atoms with Gasteiger partial charge in [-0.15, -0.1) is 0 Å². The molecule has 2 N–H and O–H groups in total. The second-order valence-electron chi connectivity index (χ2n) is 5.71. The van der Waals surface area contributed by atoms with Crippen LogP contribution in [-0.2, 0) is 0 Å². The highest BCUT2D eigenvalue weighted by Crippen LogP contribution is 2.35. The molecule has 104 valence electrons. The zero-order valence-electron chi connectivity index (χ0n) is 11.8. The molecular weight excluding hydrogens is 270 g/mol. The van der Waals surface area contributed by atoms with Gasteiger partial charge in [0.15, 0.2) is 5.88 Å². The minimum absolute atomic E-state index is 0.459. The first-order chi connectivity index (χ1) is 10.8. The van der Waals surface area contributed by atoms with E-state index >= 15 is 0 Å². The fraction of sp³-hybridized carbons (Fsp3) is 0. The van der Waals surface area contributed by atoms with Crippen molar-refractivity contribution in [3.8, 4) is 0 Å². The van der Waals surface area contributed by atoms with E-state index in [1.165, 1.54) is 32.3 Å². The van der Waals surface area contributed by atoms with Crippen LogP contribution in [0.15, 0.2) is 71.1 Å². The Hall–Kier alpha value is -3.00. The molecule has 0 spiro atoms. The first-order valence-corrected chi connectivity index (χ1v) is 7.33. The van der Waals surface area contributed by atoms with Gasteiger partial charge in [0.25, 0.3) is 0 Å². The molecule has 0 aliphatic carbocycles. The van der Waals surface area contributed by atoms with Crippen LogP contribution in [0, 0.1) is 0 Å². The van der Waals surface area contributed by atoms with Crippen LogP contribution < -0.4 is 5.73 Å². The number of hydrogen-bond acceptors (Lipinski definition) is 2. The third-order valence-corrected chi connectivity index (χ3v) is 4.40. The first-order valence-electron chi connectivity index (χ1n) is 7.33. The maximum atomic E-state index is 5.80. The molecule has 4 aromatic carbocycles. The zero-order chi connectivity index (χ0) is 14.7. The summed E-state index contributed by atoms with van der Waals surface area (Å²) in [4.78, 5) is 0. The summed E-state index contributed by atoms with van der Waals surface area (Å²) in [6, 6.07) is 23.3. The van der Waals surface area contributed by atoms with Crippen LogP contribution in [-0.4, -0.2) is 0 Å². The molecule has 2 heteroatoms. The Balaban J connectivity index is 2.01. The Morgan fingerprint density at radius 3 is 2.18 bits per heavy atom. The fourth-order valence-electron chi connectivity index (χ4n) is 3.37. The van der Waals surface area contributed by atoms with Gasteiger partial charge in [-0.2, -0.15) is 0 Å². The topological polar surface area (TPSA) is 39.2 Å². The monoisotopic (exact) mass is 283 g/mol. The van der Waals surface area contributed by atoms with E-state index in [-0.39, 0.29) is 0 Å².